The van der Waals surface area contributed by atoms with Crippen molar-refractivity contribution < 1.29 is 0 Å². The summed E-state index contributed by atoms with van der Waals surface area (Å²) < 4.78 is 0. The van der Waals surface area contributed by atoms with Crippen molar-refractivity contribution in [2.75, 3.05) is 17.4 Å². The Hall–Kier alpha value is -1.71. The summed E-state index contributed by atoms with van der Waals surface area (Å²) in [5.41, 5.74) is 3.87. The average Bonchev–Trinajstić information content (AvgIpc) is 2.53. The molecule has 0 amide bonds. The van der Waals surface area contributed by atoms with Crippen molar-refractivity contribution in [3.8, 4) is 0 Å². The van der Waals surface area contributed by atoms with E-state index < -0.39 is 0 Å². The highest BCUT2D eigenvalue weighted by Gasteiger charge is 2.12. The highest BCUT2D eigenvalue weighted by Crippen LogP contribution is 2.24. The number of nitrogens with one attached hydrogen (secondary N) is 1. The van der Waals surface area contributed by atoms with Crippen LogP contribution in [0.25, 0.3) is 0 Å². The van der Waals surface area contributed by atoms with E-state index in [0.29, 0.717) is 10.0 Å². The minimum Gasteiger partial charge on any atom is -0.388 e. The summed E-state index contributed by atoms with van der Waals surface area (Å²) in [6, 6.07) is 13.6. The summed E-state index contributed by atoms with van der Waals surface area (Å²) in [4.78, 5) is 0. The Morgan fingerprint density at radius 2 is 1.65 bits per heavy atom. The molecule has 0 aliphatic carbocycles. The van der Waals surface area contributed by atoms with Crippen LogP contribution in [0.5, 0.6) is 0 Å². The number of halogens is 2. The van der Waals surface area contributed by atoms with Crippen LogP contribution < -0.4 is 10.3 Å². The van der Waals surface area contributed by atoms with E-state index in [4.69, 9.17) is 28.3 Å². The van der Waals surface area contributed by atoms with Crippen molar-refractivity contribution in [2.45, 2.75) is 26.8 Å². The lowest BCUT2D eigenvalue weighted by Crippen LogP contribution is -2.26. The van der Waals surface area contributed by atoms with Gasteiger partial charge in [0.15, 0.2) is 0 Å². The molecule has 2 rings (SSSR count). The SMILES string of the molecule is CNc1ccc(Cl)cc1/C(C)=N\N(c1ccc(Cl)cc1)C(C)C. The lowest BCUT2D eigenvalue weighted by molar-refractivity contribution is 0.713. The van der Waals surface area contributed by atoms with Crippen LogP contribution in [0, 0.1) is 0 Å². The van der Waals surface area contributed by atoms with E-state index in [0.717, 1.165) is 22.6 Å². The Morgan fingerprint density at radius 3 is 2.22 bits per heavy atom. The molecule has 0 aromatic heterocycles. The summed E-state index contributed by atoms with van der Waals surface area (Å²) in [5, 5.41) is 11.4. The molecule has 0 saturated heterocycles. The third-order valence-electron chi connectivity index (χ3n) is 3.48. The fourth-order valence-corrected chi connectivity index (χ4v) is 2.61. The Balaban J connectivity index is 2.43. The molecule has 0 spiro atoms. The Bertz CT molecular complexity index is 694. The molecule has 5 heteroatoms. The molecule has 0 fully saturated rings. The second kappa shape index (κ2) is 7.71. The first-order chi connectivity index (χ1) is 10.9. The summed E-state index contributed by atoms with van der Waals surface area (Å²) in [7, 11) is 1.89. The van der Waals surface area contributed by atoms with Crippen LogP contribution >= 0.6 is 23.2 Å². The molecule has 0 saturated carbocycles. The largest absolute Gasteiger partial charge is 0.388 e. The Morgan fingerprint density at radius 1 is 1.04 bits per heavy atom. The van der Waals surface area contributed by atoms with E-state index in [2.05, 4.69) is 19.2 Å². The smallest absolute Gasteiger partial charge is 0.0672 e. The number of rotatable bonds is 5. The highest BCUT2D eigenvalue weighted by molar-refractivity contribution is 6.31. The topological polar surface area (TPSA) is 27.6 Å². The van der Waals surface area contributed by atoms with Crippen LogP contribution in [0.15, 0.2) is 47.6 Å². The van der Waals surface area contributed by atoms with Crippen LogP contribution in [0.1, 0.15) is 26.3 Å². The average molecular weight is 350 g/mol. The van der Waals surface area contributed by atoms with Gasteiger partial charge in [0, 0.05) is 34.4 Å². The zero-order valence-electron chi connectivity index (χ0n) is 13.8. The molecule has 2 aromatic carbocycles. The summed E-state index contributed by atoms with van der Waals surface area (Å²) in [6.07, 6.45) is 0. The third kappa shape index (κ3) is 4.40. The minimum absolute atomic E-state index is 0.211. The van der Waals surface area contributed by atoms with Gasteiger partial charge >= 0.3 is 0 Å². The molecule has 0 bridgehead atoms. The van der Waals surface area contributed by atoms with E-state index in [1.54, 1.807) is 0 Å². The van der Waals surface area contributed by atoms with Crippen molar-refractivity contribution >= 4 is 40.3 Å². The quantitative estimate of drug-likeness (QED) is 0.555. The monoisotopic (exact) mass is 349 g/mol. The van der Waals surface area contributed by atoms with E-state index >= 15 is 0 Å². The fourth-order valence-electron chi connectivity index (χ4n) is 2.31. The molecule has 0 aliphatic heterocycles. The predicted molar refractivity (Wildman–Crippen MR) is 102 cm³/mol. The van der Waals surface area contributed by atoms with E-state index in [9.17, 15) is 0 Å². The van der Waals surface area contributed by atoms with E-state index in [-0.39, 0.29) is 6.04 Å². The molecule has 0 atom stereocenters. The maximum atomic E-state index is 6.14. The summed E-state index contributed by atoms with van der Waals surface area (Å²) >= 11 is 12.1. The molecule has 2 aromatic rings. The van der Waals surface area contributed by atoms with Crippen molar-refractivity contribution in [3.05, 3.63) is 58.1 Å². The van der Waals surface area contributed by atoms with E-state index in [1.165, 1.54) is 0 Å². The standard InChI is InChI=1S/C18H21Cl2N3/c1-12(2)23(16-8-5-14(19)6-9-16)22-13(3)17-11-15(20)7-10-18(17)21-4/h5-12,21H,1-4H3/b22-13-. The second-order valence-electron chi connectivity index (χ2n) is 5.54. The maximum Gasteiger partial charge on any atom is 0.0672 e. The molecule has 0 heterocycles. The Kier molecular flexibility index (Phi) is 5.91. The van der Waals surface area contributed by atoms with Crippen molar-refractivity contribution in [3.63, 3.8) is 0 Å². The lowest BCUT2D eigenvalue weighted by Gasteiger charge is -2.25. The normalized spacial score (nSPS) is 11.7. The molecule has 3 nitrogen and oxygen atoms in total. The lowest BCUT2D eigenvalue weighted by atomic mass is 10.1. The van der Waals surface area contributed by atoms with Gasteiger partial charge in [-0.2, -0.15) is 5.10 Å². The van der Waals surface area contributed by atoms with E-state index in [1.807, 2.05) is 61.4 Å². The van der Waals surface area contributed by atoms with Gasteiger partial charge in [-0.05, 0) is 63.2 Å². The number of nitrogens with zero attached hydrogens (tertiary/aromatic N) is 2. The number of hydrogen-bond donors (Lipinski definition) is 1. The maximum absolute atomic E-state index is 6.14. The number of benzene rings is 2. The van der Waals surface area contributed by atoms with Crippen molar-refractivity contribution in [2.24, 2.45) is 5.10 Å². The number of hydrogen-bond acceptors (Lipinski definition) is 3. The fraction of sp³-hybridized carbons (Fsp3) is 0.278. The molecule has 1 N–H and O–H groups in total. The Labute approximate surface area is 147 Å². The zero-order valence-corrected chi connectivity index (χ0v) is 15.3. The van der Waals surface area contributed by atoms with Crippen molar-refractivity contribution in [1.82, 2.24) is 0 Å². The number of hydrazone groups is 1. The van der Waals surface area contributed by atoms with Crippen LogP contribution in [0.4, 0.5) is 11.4 Å². The zero-order chi connectivity index (χ0) is 17.0. The van der Waals surface area contributed by atoms with Gasteiger partial charge in [-0.3, -0.25) is 5.01 Å². The van der Waals surface area contributed by atoms with Gasteiger partial charge in [0.1, 0.15) is 0 Å². The van der Waals surface area contributed by atoms with Gasteiger partial charge < -0.3 is 5.32 Å². The molecule has 0 radical (unpaired) electrons. The molecule has 122 valence electrons. The number of anilines is 2. The first-order valence-corrected chi connectivity index (χ1v) is 8.25. The first kappa shape index (κ1) is 17.6. The second-order valence-corrected chi connectivity index (χ2v) is 6.41. The summed E-state index contributed by atoms with van der Waals surface area (Å²) in [6.45, 7) is 6.18. The van der Waals surface area contributed by atoms with Gasteiger partial charge in [-0.1, -0.05) is 23.2 Å². The summed E-state index contributed by atoms with van der Waals surface area (Å²) in [5.74, 6) is 0. The third-order valence-corrected chi connectivity index (χ3v) is 3.97. The van der Waals surface area contributed by atoms with Gasteiger partial charge in [0.2, 0.25) is 0 Å². The van der Waals surface area contributed by atoms with Crippen LogP contribution in [0.3, 0.4) is 0 Å². The van der Waals surface area contributed by atoms with Crippen LogP contribution in [-0.4, -0.2) is 18.8 Å². The molecule has 23 heavy (non-hydrogen) atoms. The predicted octanol–water partition coefficient (Wildman–Crippen LogP) is 5.67. The van der Waals surface area contributed by atoms with Gasteiger partial charge in [0.05, 0.1) is 11.4 Å². The minimum atomic E-state index is 0.211. The van der Waals surface area contributed by atoms with Gasteiger partial charge in [0.25, 0.3) is 0 Å². The van der Waals surface area contributed by atoms with Gasteiger partial charge in [-0.15, -0.1) is 0 Å². The molecular formula is C18H21Cl2N3. The molecule has 0 unspecified atom stereocenters. The van der Waals surface area contributed by atoms with Gasteiger partial charge in [-0.25, -0.2) is 0 Å². The van der Waals surface area contributed by atoms with Crippen LogP contribution in [-0.2, 0) is 0 Å². The van der Waals surface area contributed by atoms with Crippen molar-refractivity contribution in [1.29, 1.82) is 0 Å². The molecular weight excluding hydrogens is 329 g/mol. The highest BCUT2D eigenvalue weighted by atomic mass is 35.5. The van der Waals surface area contributed by atoms with Crippen LogP contribution in [0.2, 0.25) is 10.0 Å². The first-order valence-electron chi connectivity index (χ1n) is 7.50. The molecule has 0 aliphatic rings.